The van der Waals surface area contributed by atoms with Gasteiger partial charge in [0, 0.05) is 31.3 Å². The number of hydrogen-bond donors (Lipinski definition) is 3. The van der Waals surface area contributed by atoms with Crippen molar-refractivity contribution in [1.29, 1.82) is 0 Å². The van der Waals surface area contributed by atoms with Gasteiger partial charge in [0.25, 0.3) is 5.91 Å². The number of hydrogen-bond acceptors (Lipinski definition) is 6. The van der Waals surface area contributed by atoms with Crippen molar-refractivity contribution in [2.24, 2.45) is 5.92 Å². The van der Waals surface area contributed by atoms with E-state index in [2.05, 4.69) is 15.3 Å². The van der Waals surface area contributed by atoms with Gasteiger partial charge in [-0.3, -0.25) is 9.59 Å². The number of aryl methyl sites for hydroxylation is 1. The number of rotatable bonds is 3. The lowest BCUT2D eigenvalue weighted by Gasteiger charge is -2.53. The molecule has 0 radical (unpaired) electrons. The minimum atomic E-state index is -0.886. The van der Waals surface area contributed by atoms with E-state index < -0.39 is 22.9 Å². The molecule has 9 nitrogen and oxygen atoms in total. The summed E-state index contributed by atoms with van der Waals surface area (Å²) in [6, 6.07) is 1.55. The van der Waals surface area contributed by atoms with E-state index in [0.29, 0.717) is 44.7 Å². The Morgan fingerprint density at radius 1 is 1.34 bits per heavy atom. The SMILES string of the molecule is Cc1cc(C(=O)N2CCC3(CC2)OCC[C@](C)(NC(=O)C(C)C)[C@H]3O)nc(=O)[nH]1. The first-order chi connectivity index (χ1) is 13.6. The second kappa shape index (κ2) is 7.87. The number of aliphatic hydroxyl groups is 1. The summed E-state index contributed by atoms with van der Waals surface area (Å²) in [4.78, 5) is 44.5. The van der Waals surface area contributed by atoms with Crippen LogP contribution in [0.15, 0.2) is 10.9 Å². The molecule has 3 rings (SSSR count). The maximum atomic E-state index is 12.8. The molecular formula is C20H30N4O5. The smallest absolute Gasteiger partial charge is 0.345 e. The van der Waals surface area contributed by atoms with Gasteiger partial charge in [0.2, 0.25) is 5.91 Å². The van der Waals surface area contributed by atoms with Crippen LogP contribution in [0.3, 0.4) is 0 Å². The van der Waals surface area contributed by atoms with E-state index in [4.69, 9.17) is 4.74 Å². The van der Waals surface area contributed by atoms with Crippen molar-refractivity contribution in [2.75, 3.05) is 19.7 Å². The summed E-state index contributed by atoms with van der Waals surface area (Å²) in [5.74, 6) is -0.593. The van der Waals surface area contributed by atoms with E-state index in [1.54, 1.807) is 17.9 Å². The van der Waals surface area contributed by atoms with Crippen LogP contribution in [0.25, 0.3) is 0 Å². The van der Waals surface area contributed by atoms with Gasteiger partial charge < -0.3 is 25.0 Å². The molecule has 2 amide bonds. The molecule has 29 heavy (non-hydrogen) atoms. The van der Waals surface area contributed by atoms with Crippen molar-refractivity contribution >= 4 is 11.8 Å². The zero-order valence-electron chi connectivity index (χ0n) is 17.4. The zero-order chi connectivity index (χ0) is 21.4. The van der Waals surface area contributed by atoms with E-state index in [-0.39, 0.29) is 23.4 Å². The summed E-state index contributed by atoms with van der Waals surface area (Å²) < 4.78 is 6.02. The summed E-state index contributed by atoms with van der Waals surface area (Å²) in [7, 11) is 0. The number of amides is 2. The zero-order valence-corrected chi connectivity index (χ0v) is 17.4. The van der Waals surface area contributed by atoms with Crippen LogP contribution in [0.5, 0.6) is 0 Å². The number of carbonyl (C=O) groups excluding carboxylic acids is 2. The van der Waals surface area contributed by atoms with E-state index >= 15 is 0 Å². The third-order valence-corrected chi connectivity index (χ3v) is 6.04. The maximum absolute atomic E-state index is 12.8. The number of H-pyrrole nitrogens is 1. The van der Waals surface area contributed by atoms with Crippen molar-refractivity contribution in [3.63, 3.8) is 0 Å². The highest BCUT2D eigenvalue weighted by Gasteiger charge is 2.54. The van der Waals surface area contributed by atoms with Gasteiger partial charge in [0.15, 0.2) is 0 Å². The molecule has 160 valence electrons. The van der Waals surface area contributed by atoms with Gasteiger partial charge in [-0.1, -0.05) is 13.8 Å². The molecule has 9 heteroatoms. The van der Waals surface area contributed by atoms with Gasteiger partial charge in [-0.05, 0) is 39.2 Å². The molecule has 2 aliphatic heterocycles. The van der Waals surface area contributed by atoms with Crippen molar-refractivity contribution < 1.29 is 19.4 Å². The summed E-state index contributed by atoms with van der Waals surface area (Å²) in [6.07, 6.45) is 0.515. The number of ether oxygens (including phenoxy) is 1. The summed E-state index contributed by atoms with van der Waals surface area (Å²) in [6.45, 7) is 8.35. The molecule has 2 atom stereocenters. The highest BCUT2D eigenvalue weighted by molar-refractivity contribution is 5.92. The summed E-state index contributed by atoms with van der Waals surface area (Å²) >= 11 is 0. The van der Waals surface area contributed by atoms with Crippen LogP contribution in [0.2, 0.25) is 0 Å². The Bertz CT molecular complexity index is 844. The van der Waals surface area contributed by atoms with E-state index in [0.717, 1.165) is 0 Å². The Hall–Kier alpha value is -2.26. The van der Waals surface area contributed by atoms with E-state index in [1.807, 2.05) is 20.8 Å². The molecular weight excluding hydrogens is 376 g/mol. The Kier molecular flexibility index (Phi) is 5.82. The molecule has 3 N–H and O–H groups in total. The van der Waals surface area contributed by atoms with Crippen molar-refractivity contribution in [3.8, 4) is 0 Å². The number of aromatic nitrogens is 2. The first-order valence-corrected chi connectivity index (χ1v) is 10.1. The topological polar surface area (TPSA) is 125 Å². The lowest BCUT2D eigenvalue weighted by molar-refractivity contribution is -0.206. The largest absolute Gasteiger partial charge is 0.388 e. The third-order valence-electron chi connectivity index (χ3n) is 6.04. The van der Waals surface area contributed by atoms with Gasteiger partial charge in [0.05, 0.1) is 11.1 Å². The minimum Gasteiger partial charge on any atom is -0.388 e. The van der Waals surface area contributed by atoms with Crippen molar-refractivity contribution in [3.05, 3.63) is 27.9 Å². The van der Waals surface area contributed by atoms with Gasteiger partial charge in [-0.15, -0.1) is 0 Å². The normalized spacial score (nSPS) is 26.6. The minimum absolute atomic E-state index is 0.105. The maximum Gasteiger partial charge on any atom is 0.345 e. The summed E-state index contributed by atoms with van der Waals surface area (Å²) in [5.41, 5.74) is -1.46. The molecule has 3 heterocycles. The van der Waals surface area contributed by atoms with Gasteiger partial charge in [-0.2, -0.15) is 4.98 Å². The van der Waals surface area contributed by atoms with E-state index in [9.17, 15) is 19.5 Å². The Morgan fingerprint density at radius 2 is 2.00 bits per heavy atom. The van der Waals surface area contributed by atoms with Crippen LogP contribution < -0.4 is 11.0 Å². The Balaban J connectivity index is 1.72. The molecule has 0 aliphatic carbocycles. The third kappa shape index (κ3) is 4.20. The molecule has 2 saturated heterocycles. The van der Waals surface area contributed by atoms with Crippen LogP contribution in [0.4, 0.5) is 0 Å². The number of aromatic amines is 1. The highest BCUT2D eigenvalue weighted by atomic mass is 16.5. The van der Waals surface area contributed by atoms with Crippen LogP contribution in [-0.2, 0) is 9.53 Å². The molecule has 2 aliphatic rings. The number of nitrogens with one attached hydrogen (secondary N) is 2. The molecule has 1 aromatic heterocycles. The number of likely N-dealkylation sites (tertiary alicyclic amines) is 1. The number of nitrogens with zero attached hydrogens (tertiary/aromatic N) is 2. The van der Waals surface area contributed by atoms with Crippen LogP contribution in [-0.4, -0.2) is 68.7 Å². The van der Waals surface area contributed by atoms with Crippen LogP contribution in [0, 0.1) is 12.8 Å². The fourth-order valence-electron chi connectivity index (χ4n) is 4.18. The van der Waals surface area contributed by atoms with Crippen molar-refractivity contribution in [1.82, 2.24) is 20.2 Å². The standard InChI is InChI=1S/C20H30N4O5/c1-12(2)15(25)23-19(4)7-10-29-20(17(19)27)5-8-24(9-6-20)16(26)14-11-13(3)21-18(28)22-14/h11-12,17,27H,5-10H2,1-4H3,(H,23,25)(H,21,22,28)/t17-,19+/m1/s1. The average molecular weight is 406 g/mol. The number of piperidine rings is 1. The number of carbonyl (C=O) groups is 2. The lowest BCUT2D eigenvalue weighted by Crippen LogP contribution is -2.69. The van der Waals surface area contributed by atoms with Crippen LogP contribution >= 0.6 is 0 Å². The lowest BCUT2D eigenvalue weighted by atomic mass is 9.73. The molecule has 0 unspecified atom stereocenters. The molecule has 1 aromatic rings. The van der Waals surface area contributed by atoms with Gasteiger partial charge >= 0.3 is 5.69 Å². The molecule has 0 bridgehead atoms. The number of aliphatic hydroxyl groups excluding tert-OH is 1. The Labute approximate surface area is 169 Å². The van der Waals surface area contributed by atoms with Gasteiger partial charge in [-0.25, -0.2) is 4.79 Å². The monoisotopic (exact) mass is 406 g/mol. The fraction of sp³-hybridized carbons (Fsp3) is 0.700. The van der Waals surface area contributed by atoms with Crippen molar-refractivity contribution in [2.45, 2.75) is 64.2 Å². The quantitative estimate of drug-likeness (QED) is 0.666. The molecule has 0 saturated carbocycles. The molecule has 1 spiro atoms. The summed E-state index contributed by atoms with van der Waals surface area (Å²) in [5, 5.41) is 14.1. The molecule has 2 fully saturated rings. The van der Waals surface area contributed by atoms with E-state index in [1.165, 1.54) is 0 Å². The second-order valence-electron chi connectivity index (χ2n) is 8.67. The van der Waals surface area contributed by atoms with Crippen LogP contribution in [0.1, 0.15) is 56.2 Å². The Morgan fingerprint density at radius 3 is 2.59 bits per heavy atom. The first-order valence-electron chi connectivity index (χ1n) is 10.1. The fourth-order valence-corrected chi connectivity index (χ4v) is 4.18. The average Bonchev–Trinajstić information content (AvgIpc) is 2.65. The molecule has 0 aromatic carbocycles. The highest BCUT2D eigenvalue weighted by Crippen LogP contribution is 2.40. The first kappa shape index (κ1) is 21.4. The van der Waals surface area contributed by atoms with Gasteiger partial charge in [0.1, 0.15) is 11.8 Å². The second-order valence-corrected chi connectivity index (χ2v) is 8.67. The predicted molar refractivity (Wildman–Crippen MR) is 105 cm³/mol. The predicted octanol–water partition coefficient (Wildman–Crippen LogP) is 0.365.